The highest BCUT2D eigenvalue weighted by molar-refractivity contribution is 5.35. The first-order valence-corrected chi connectivity index (χ1v) is 5.80. The third-order valence-corrected chi connectivity index (χ3v) is 2.55. The maximum absolute atomic E-state index is 4.36. The van der Waals surface area contributed by atoms with Crippen molar-refractivity contribution in [2.24, 2.45) is 0 Å². The molecular formula is C12H19N3. The van der Waals surface area contributed by atoms with Crippen molar-refractivity contribution >= 4 is 5.82 Å². The second-order valence-corrected chi connectivity index (χ2v) is 4.13. The number of anilines is 1. The summed E-state index contributed by atoms with van der Waals surface area (Å²) in [5, 5.41) is 6.74. The highest BCUT2D eigenvalue weighted by Gasteiger charge is 2.19. The Kier molecular flexibility index (Phi) is 3.56. The van der Waals surface area contributed by atoms with Crippen LogP contribution in [0.1, 0.15) is 31.7 Å². The maximum Gasteiger partial charge on any atom is 0.125 e. The molecule has 1 heterocycles. The van der Waals surface area contributed by atoms with Gasteiger partial charge in [0.25, 0.3) is 0 Å². The highest BCUT2D eigenvalue weighted by atomic mass is 15.0. The Hall–Kier alpha value is -1.09. The zero-order valence-corrected chi connectivity index (χ0v) is 9.29. The SMILES string of the molecule is CCCNc1ccc(CNC2CC2)cn1. The Morgan fingerprint density at radius 2 is 2.27 bits per heavy atom. The molecule has 0 bridgehead atoms. The van der Waals surface area contributed by atoms with Gasteiger partial charge in [-0.2, -0.15) is 0 Å². The molecular weight excluding hydrogens is 186 g/mol. The van der Waals surface area contributed by atoms with Crippen molar-refractivity contribution in [3.05, 3.63) is 23.9 Å². The molecule has 0 aromatic carbocycles. The molecule has 2 rings (SSSR count). The van der Waals surface area contributed by atoms with Crippen molar-refractivity contribution in [3.63, 3.8) is 0 Å². The van der Waals surface area contributed by atoms with Crippen LogP contribution in [0.3, 0.4) is 0 Å². The van der Waals surface area contributed by atoms with E-state index < -0.39 is 0 Å². The molecule has 0 aliphatic heterocycles. The lowest BCUT2D eigenvalue weighted by molar-refractivity contribution is 0.686. The zero-order valence-electron chi connectivity index (χ0n) is 9.29. The average Bonchev–Trinajstić information content (AvgIpc) is 3.09. The van der Waals surface area contributed by atoms with E-state index in [0.29, 0.717) is 0 Å². The van der Waals surface area contributed by atoms with Crippen molar-refractivity contribution < 1.29 is 0 Å². The minimum absolute atomic E-state index is 0.767. The minimum atomic E-state index is 0.767. The molecule has 0 saturated heterocycles. The summed E-state index contributed by atoms with van der Waals surface area (Å²) in [5.74, 6) is 0.979. The highest BCUT2D eigenvalue weighted by Crippen LogP contribution is 2.19. The summed E-state index contributed by atoms with van der Waals surface area (Å²) in [7, 11) is 0. The van der Waals surface area contributed by atoms with Crippen molar-refractivity contribution in [1.29, 1.82) is 0 Å². The van der Waals surface area contributed by atoms with E-state index in [4.69, 9.17) is 0 Å². The van der Waals surface area contributed by atoms with Gasteiger partial charge in [0.15, 0.2) is 0 Å². The molecule has 82 valence electrons. The lowest BCUT2D eigenvalue weighted by atomic mass is 10.3. The molecule has 1 aliphatic rings. The molecule has 0 unspecified atom stereocenters. The monoisotopic (exact) mass is 205 g/mol. The minimum Gasteiger partial charge on any atom is -0.370 e. The molecule has 1 saturated carbocycles. The summed E-state index contributed by atoms with van der Waals surface area (Å²) in [6.07, 6.45) is 5.76. The van der Waals surface area contributed by atoms with Gasteiger partial charge in [0.05, 0.1) is 0 Å². The van der Waals surface area contributed by atoms with Crippen molar-refractivity contribution in [2.75, 3.05) is 11.9 Å². The van der Waals surface area contributed by atoms with Crippen LogP contribution in [0.25, 0.3) is 0 Å². The number of nitrogens with zero attached hydrogens (tertiary/aromatic N) is 1. The molecule has 0 atom stereocenters. The quantitative estimate of drug-likeness (QED) is 0.747. The largest absolute Gasteiger partial charge is 0.370 e. The molecule has 1 fully saturated rings. The van der Waals surface area contributed by atoms with Crippen LogP contribution in [-0.2, 0) is 6.54 Å². The number of hydrogen-bond acceptors (Lipinski definition) is 3. The Labute approximate surface area is 91.3 Å². The summed E-state index contributed by atoms with van der Waals surface area (Å²) in [6, 6.07) is 4.96. The summed E-state index contributed by atoms with van der Waals surface area (Å²) in [5.41, 5.74) is 1.27. The second kappa shape index (κ2) is 5.12. The van der Waals surface area contributed by atoms with Crippen LogP contribution in [0.5, 0.6) is 0 Å². The maximum atomic E-state index is 4.36. The van der Waals surface area contributed by atoms with Crippen LogP contribution in [0.4, 0.5) is 5.82 Å². The van der Waals surface area contributed by atoms with E-state index >= 15 is 0 Å². The molecule has 0 radical (unpaired) electrons. The predicted molar refractivity (Wildman–Crippen MR) is 62.9 cm³/mol. The van der Waals surface area contributed by atoms with E-state index in [1.165, 1.54) is 18.4 Å². The van der Waals surface area contributed by atoms with Gasteiger partial charge in [0.2, 0.25) is 0 Å². The molecule has 1 aromatic rings. The summed E-state index contributed by atoms with van der Waals surface area (Å²) in [4.78, 5) is 4.36. The van der Waals surface area contributed by atoms with Gasteiger partial charge in [0, 0.05) is 25.3 Å². The molecule has 0 spiro atoms. The van der Waals surface area contributed by atoms with Gasteiger partial charge in [-0.1, -0.05) is 13.0 Å². The van der Waals surface area contributed by atoms with Gasteiger partial charge < -0.3 is 10.6 Å². The van der Waals surface area contributed by atoms with Crippen molar-refractivity contribution in [1.82, 2.24) is 10.3 Å². The van der Waals surface area contributed by atoms with E-state index in [1.54, 1.807) is 0 Å². The first-order chi connectivity index (χ1) is 7.38. The molecule has 15 heavy (non-hydrogen) atoms. The van der Waals surface area contributed by atoms with E-state index in [2.05, 4.69) is 34.7 Å². The van der Waals surface area contributed by atoms with Crippen molar-refractivity contribution in [3.8, 4) is 0 Å². The van der Waals surface area contributed by atoms with Gasteiger partial charge in [-0.15, -0.1) is 0 Å². The first kappa shape index (κ1) is 10.4. The number of nitrogens with one attached hydrogen (secondary N) is 2. The average molecular weight is 205 g/mol. The van der Waals surface area contributed by atoms with Crippen molar-refractivity contribution in [2.45, 2.75) is 38.8 Å². The number of hydrogen-bond donors (Lipinski definition) is 2. The van der Waals surface area contributed by atoms with E-state index in [1.807, 2.05) is 6.20 Å². The van der Waals surface area contributed by atoms with Crippen LogP contribution < -0.4 is 10.6 Å². The van der Waals surface area contributed by atoms with E-state index in [9.17, 15) is 0 Å². The lowest BCUT2D eigenvalue weighted by Gasteiger charge is -2.05. The third kappa shape index (κ3) is 3.51. The predicted octanol–water partition coefficient (Wildman–Crippen LogP) is 2.16. The van der Waals surface area contributed by atoms with Gasteiger partial charge in [-0.25, -0.2) is 4.98 Å². The molecule has 0 amide bonds. The summed E-state index contributed by atoms with van der Waals surface area (Å²) < 4.78 is 0. The van der Waals surface area contributed by atoms with Crippen LogP contribution in [0.15, 0.2) is 18.3 Å². The van der Waals surface area contributed by atoms with Crippen LogP contribution in [-0.4, -0.2) is 17.6 Å². The molecule has 3 nitrogen and oxygen atoms in total. The molecule has 1 aliphatic carbocycles. The number of aromatic nitrogens is 1. The summed E-state index contributed by atoms with van der Waals surface area (Å²) >= 11 is 0. The fourth-order valence-electron chi connectivity index (χ4n) is 1.44. The first-order valence-electron chi connectivity index (χ1n) is 5.80. The molecule has 2 N–H and O–H groups in total. The van der Waals surface area contributed by atoms with E-state index in [0.717, 1.165) is 31.4 Å². The second-order valence-electron chi connectivity index (χ2n) is 4.13. The number of rotatable bonds is 6. The molecule has 1 aromatic heterocycles. The third-order valence-electron chi connectivity index (χ3n) is 2.55. The fourth-order valence-corrected chi connectivity index (χ4v) is 1.44. The Morgan fingerprint density at radius 1 is 1.40 bits per heavy atom. The smallest absolute Gasteiger partial charge is 0.125 e. The van der Waals surface area contributed by atoms with Gasteiger partial charge in [0.1, 0.15) is 5.82 Å². The van der Waals surface area contributed by atoms with Crippen LogP contribution >= 0.6 is 0 Å². The number of pyridine rings is 1. The fraction of sp³-hybridized carbons (Fsp3) is 0.583. The van der Waals surface area contributed by atoms with Gasteiger partial charge >= 0.3 is 0 Å². The molecule has 3 heteroatoms. The van der Waals surface area contributed by atoms with Gasteiger partial charge in [-0.3, -0.25) is 0 Å². The Balaban J connectivity index is 1.79. The van der Waals surface area contributed by atoms with Gasteiger partial charge in [-0.05, 0) is 30.9 Å². The zero-order chi connectivity index (χ0) is 10.5. The topological polar surface area (TPSA) is 37.0 Å². The van der Waals surface area contributed by atoms with Crippen LogP contribution in [0, 0.1) is 0 Å². The van der Waals surface area contributed by atoms with Crippen LogP contribution in [0.2, 0.25) is 0 Å². The Morgan fingerprint density at radius 3 is 2.87 bits per heavy atom. The normalized spacial score (nSPS) is 15.3. The lowest BCUT2D eigenvalue weighted by Crippen LogP contribution is -2.15. The standard InChI is InChI=1S/C12H19N3/c1-2-7-13-12-6-3-10(9-15-12)8-14-11-4-5-11/h3,6,9,11,14H,2,4-5,7-8H2,1H3,(H,13,15). The summed E-state index contributed by atoms with van der Waals surface area (Å²) in [6.45, 7) is 4.10. The van der Waals surface area contributed by atoms with E-state index in [-0.39, 0.29) is 0 Å². The Bertz CT molecular complexity index is 290.